The molecular weight excluding hydrogens is 348 g/mol. The number of amides is 1. The van der Waals surface area contributed by atoms with Gasteiger partial charge in [-0.1, -0.05) is 6.07 Å². The lowest BCUT2D eigenvalue weighted by Crippen LogP contribution is -2.24. The molecule has 1 aromatic carbocycles. The molecule has 140 valence electrons. The number of methoxy groups -OCH3 is 2. The second-order valence-corrected chi connectivity index (χ2v) is 5.93. The molecule has 0 spiro atoms. The van der Waals surface area contributed by atoms with Gasteiger partial charge in [0.15, 0.2) is 11.5 Å². The summed E-state index contributed by atoms with van der Waals surface area (Å²) in [6.07, 6.45) is 3.16. The Kier molecular flexibility index (Phi) is 5.35. The molecule has 3 rings (SSSR count). The number of hydrogen-bond acceptors (Lipinski definition) is 6. The van der Waals surface area contributed by atoms with E-state index in [1.54, 1.807) is 24.4 Å². The maximum Gasteiger partial charge on any atom is 0.261 e. The highest BCUT2D eigenvalue weighted by atomic mass is 16.5. The van der Waals surface area contributed by atoms with Gasteiger partial charge in [0, 0.05) is 25.2 Å². The van der Waals surface area contributed by atoms with Crippen LogP contribution in [0.2, 0.25) is 0 Å². The summed E-state index contributed by atoms with van der Waals surface area (Å²) in [5.74, 6) is 1.24. The molecule has 0 aliphatic rings. The lowest BCUT2D eigenvalue weighted by atomic mass is 10.2. The van der Waals surface area contributed by atoms with E-state index in [0.717, 1.165) is 5.56 Å². The molecular formula is C19H20N4O4. The summed E-state index contributed by atoms with van der Waals surface area (Å²) in [4.78, 5) is 33.3. The third kappa shape index (κ3) is 3.89. The lowest BCUT2D eigenvalue weighted by molar-refractivity contribution is -0.116. The van der Waals surface area contributed by atoms with Crippen molar-refractivity contribution in [2.75, 3.05) is 19.5 Å². The Bertz CT molecular complexity index is 1050. The Balaban J connectivity index is 1.79. The number of carbonyl (C=O) groups excluding carboxylic acids is 1. The maximum absolute atomic E-state index is 12.7. The van der Waals surface area contributed by atoms with Gasteiger partial charge in [-0.2, -0.15) is 0 Å². The molecule has 0 atom stereocenters. The topological polar surface area (TPSA) is 95.3 Å². The zero-order valence-corrected chi connectivity index (χ0v) is 15.4. The quantitative estimate of drug-likeness (QED) is 0.716. The molecule has 0 unspecified atom stereocenters. The van der Waals surface area contributed by atoms with Crippen LogP contribution in [-0.2, 0) is 11.3 Å². The van der Waals surface area contributed by atoms with Gasteiger partial charge in [0.05, 0.1) is 31.4 Å². The highest BCUT2D eigenvalue weighted by Gasteiger charge is 2.12. The van der Waals surface area contributed by atoms with Crippen LogP contribution in [0.3, 0.4) is 0 Å². The van der Waals surface area contributed by atoms with E-state index in [4.69, 9.17) is 9.47 Å². The van der Waals surface area contributed by atoms with Gasteiger partial charge in [0.2, 0.25) is 5.91 Å². The minimum atomic E-state index is -0.247. The number of nitrogens with zero attached hydrogens (tertiary/aromatic N) is 3. The van der Waals surface area contributed by atoms with Gasteiger partial charge >= 0.3 is 0 Å². The van der Waals surface area contributed by atoms with Crippen molar-refractivity contribution >= 4 is 22.6 Å². The van der Waals surface area contributed by atoms with E-state index in [1.807, 2.05) is 13.0 Å². The fraction of sp³-hybridized carbons (Fsp3) is 0.263. The van der Waals surface area contributed by atoms with Crippen LogP contribution in [0.5, 0.6) is 11.5 Å². The first kappa shape index (κ1) is 18.4. The van der Waals surface area contributed by atoms with E-state index >= 15 is 0 Å². The van der Waals surface area contributed by atoms with Crippen molar-refractivity contribution in [3.8, 4) is 11.5 Å². The second kappa shape index (κ2) is 7.86. The van der Waals surface area contributed by atoms with Gasteiger partial charge < -0.3 is 14.8 Å². The average molecular weight is 368 g/mol. The summed E-state index contributed by atoms with van der Waals surface area (Å²) < 4.78 is 11.9. The zero-order valence-electron chi connectivity index (χ0n) is 15.4. The molecule has 0 fully saturated rings. The first-order chi connectivity index (χ1) is 13.0. The number of benzene rings is 1. The third-order valence-electron chi connectivity index (χ3n) is 4.18. The number of aromatic nitrogens is 3. The largest absolute Gasteiger partial charge is 0.493 e. The molecule has 2 aromatic heterocycles. The average Bonchev–Trinajstić information content (AvgIpc) is 2.68. The summed E-state index contributed by atoms with van der Waals surface area (Å²) in [5.41, 5.74) is 1.13. The van der Waals surface area contributed by atoms with Gasteiger partial charge in [-0.25, -0.2) is 9.97 Å². The number of nitrogens with one attached hydrogen (secondary N) is 1. The zero-order chi connectivity index (χ0) is 19.4. The van der Waals surface area contributed by atoms with Crippen LogP contribution in [0.25, 0.3) is 10.9 Å². The van der Waals surface area contributed by atoms with Gasteiger partial charge in [0.25, 0.3) is 5.56 Å². The molecule has 0 aliphatic carbocycles. The number of fused-ring (bicyclic) bond motifs is 1. The molecule has 0 bridgehead atoms. The van der Waals surface area contributed by atoms with Crippen molar-refractivity contribution in [3.05, 3.63) is 52.7 Å². The smallest absolute Gasteiger partial charge is 0.261 e. The maximum atomic E-state index is 12.7. The van der Waals surface area contributed by atoms with Crippen LogP contribution in [0.15, 0.2) is 41.6 Å². The third-order valence-corrected chi connectivity index (χ3v) is 4.18. The SMILES string of the molecule is COc1cc2ncn(CCC(=O)Nc3ncccc3C)c(=O)c2cc1OC. The monoisotopic (exact) mass is 368 g/mol. The molecule has 0 radical (unpaired) electrons. The summed E-state index contributed by atoms with van der Waals surface area (Å²) >= 11 is 0. The standard InChI is InChI=1S/C19H20N4O4/c1-12-5-4-7-20-18(12)22-17(24)6-8-23-11-21-14-10-16(27-3)15(26-2)9-13(14)19(23)25/h4-5,7,9-11H,6,8H2,1-3H3,(H,20,22,24). The first-order valence-corrected chi connectivity index (χ1v) is 8.36. The van der Waals surface area contributed by atoms with E-state index in [1.165, 1.54) is 25.1 Å². The van der Waals surface area contributed by atoms with Crippen LogP contribution < -0.4 is 20.3 Å². The van der Waals surface area contributed by atoms with Crippen LogP contribution in [-0.4, -0.2) is 34.7 Å². The molecule has 27 heavy (non-hydrogen) atoms. The Morgan fingerprint density at radius 2 is 1.93 bits per heavy atom. The van der Waals surface area contributed by atoms with Crippen molar-refractivity contribution in [2.24, 2.45) is 0 Å². The predicted molar refractivity (Wildman–Crippen MR) is 101 cm³/mol. The molecule has 2 heterocycles. The highest BCUT2D eigenvalue weighted by Crippen LogP contribution is 2.29. The minimum Gasteiger partial charge on any atom is -0.493 e. The van der Waals surface area contributed by atoms with Crippen molar-refractivity contribution in [1.82, 2.24) is 14.5 Å². The molecule has 3 aromatic rings. The van der Waals surface area contributed by atoms with Crippen LogP contribution >= 0.6 is 0 Å². The summed E-state index contributed by atoms with van der Waals surface area (Å²) in [5, 5.41) is 3.15. The van der Waals surface area contributed by atoms with E-state index in [0.29, 0.717) is 28.2 Å². The van der Waals surface area contributed by atoms with Gasteiger partial charge in [0.1, 0.15) is 5.82 Å². The van der Waals surface area contributed by atoms with Crippen LogP contribution in [0.4, 0.5) is 5.82 Å². The fourth-order valence-electron chi connectivity index (χ4n) is 2.68. The van der Waals surface area contributed by atoms with Crippen molar-refractivity contribution in [3.63, 3.8) is 0 Å². The first-order valence-electron chi connectivity index (χ1n) is 8.36. The number of hydrogen-bond donors (Lipinski definition) is 1. The molecule has 1 N–H and O–H groups in total. The molecule has 0 saturated carbocycles. The second-order valence-electron chi connectivity index (χ2n) is 5.93. The predicted octanol–water partition coefficient (Wildman–Crippen LogP) is 2.15. The van der Waals surface area contributed by atoms with E-state index in [2.05, 4.69) is 15.3 Å². The minimum absolute atomic E-state index is 0.121. The molecule has 0 aliphatic heterocycles. The fourth-order valence-corrected chi connectivity index (χ4v) is 2.68. The lowest BCUT2D eigenvalue weighted by Gasteiger charge is -2.11. The van der Waals surface area contributed by atoms with Gasteiger partial charge in [-0.05, 0) is 24.6 Å². The Labute approximate surface area is 155 Å². The summed E-state index contributed by atoms with van der Waals surface area (Å²) in [6.45, 7) is 2.07. The number of rotatable bonds is 6. The van der Waals surface area contributed by atoms with Gasteiger partial charge in [-0.3, -0.25) is 14.2 Å². The molecule has 1 amide bonds. The molecule has 8 heteroatoms. The molecule has 8 nitrogen and oxygen atoms in total. The number of carbonyl (C=O) groups is 1. The number of pyridine rings is 1. The van der Waals surface area contributed by atoms with E-state index in [-0.39, 0.29) is 24.4 Å². The number of aryl methyl sites for hydroxylation is 2. The summed E-state index contributed by atoms with van der Waals surface area (Å²) in [6, 6.07) is 6.91. The molecule has 0 saturated heterocycles. The highest BCUT2D eigenvalue weighted by molar-refractivity contribution is 5.90. The van der Waals surface area contributed by atoms with Crippen LogP contribution in [0.1, 0.15) is 12.0 Å². The van der Waals surface area contributed by atoms with Crippen LogP contribution in [0, 0.1) is 6.92 Å². The Hall–Kier alpha value is -3.42. The number of anilines is 1. The van der Waals surface area contributed by atoms with E-state index in [9.17, 15) is 9.59 Å². The van der Waals surface area contributed by atoms with Gasteiger partial charge in [-0.15, -0.1) is 0 Å². The van der Waals surface area contributed by atoms with E-state index < -0.39 is 0 Å². The Morgan fingerprint density at radius 1 is 1.19 bits per heavy atom. The number of ether oxygens (including phenoxy) is 2. The van der Waals surface area contributed by atoms with Crippen molar-refractivity contribution < 1.29 is 14.3 Å². The van der Waals surface area contributed by atoms with Crippen molar-refractivity contribution in [2.45, 2.75) is 19.9 Å². The summed E-state index contributed by atoms with van der Waals surface area (Å²) in [7, 11) is 3.02. The van der Waals surface area contributed by atoms with Crippen molar-refractivity contribution in [1.29, 1.82) is 0 Å². The Morgan fingerprint density at radius 3 is 2.63 bits per heavy atom. The normalized spacial score (nSPS) is 10.6.